The maximum atomic E-state index is 12.6. The molecule has 2 heterocycles. The molecule has 0 aromatic rings. The van der Waals surface area contributed by atoms with E-state index in [1.807, 2.05) is 13.8 Å². The van der Waals surface area contributed by atoms with Gasteiger partial charge in [-0.05, 0) is 26.7 Å². The summed E-state index contributed by atoms with van der Waals surface area (Å²) in [7, 11) is -3.36. The Hall–Kier alpha value is -0.210. The Morgan fingerprint density at radius 2 is 1.83 bits per heavy atom. The smallest absolute Gasteiger partial charge is 0.282 e. The Kier molecular flexibility index (Phi) is 4.28. The van der Waals surface area contributed by atoms with Crippen LogP contribution in [-0.2, 0) is 14.9 Å². The monoisotopic (exact) mass is 277 g/mol. The zero-order chi connectivity index (χ0) is 13.3. The van der Waals surface area contributed by atoms with Crippen LogP contribution in [0.3, 0.4) is 0 Å². The average Bonchev–Trinajstić information content (AvgIpc) is 2.32. The molecule has 18 heavy (non-hydrogen) atoms. The van der Waals surface area contributed by atoms with Crippen molar-refractivity contribution in [1.29, 1.82) is 0 Å². The third-order valence-corrected chi connectivity index (χ3v) is 5.79. The van der Waals surface area contributed by atoms with Crippen LogP contribution in [0.2, 0.25) is 0 Å². The summed E-state index contributed by atoms with van der Waals surface area (Å²) in [5, 5.41) is 0. The molecule has 0 radical (unpaired) electrons. The highest BCUT2D eigenvalue weighted by Crippen LogP contribution is 2.21. The number of hydrogen-bond acceptors (Lipinski definition) is 4. The van der Waals surface area contributed by atoms with Gasteiger partial charge in [0.15, 0.2) is 0 Å². The number of rotatable bonds is 2. The summed E-state index contributed by atoms with van der Waals surface area (Å²) < 4.78 is 33.7. The fourth-order valence-electron chi connectivity index (χ4n) is 2.45. The third-order valence-electron chi connectivity index (χ3n) is 3.67. The molecule has 0 spiro atoms. The maximum Gasteiger partial charge on any atom is 0.282 e. The van der Waals surface area contributed by atoms with Gasteiger partial charge in [-0.25, -0.2) is 0 Å². The van der Waals surface area contributed by atoms with Gasteiger partial charge in [-0.3, -0.25) is 0 Å². The lowest BCUT2D eigenvalue weighted by molar-refractivity contribution is -0.0193. The summed E-state index contributed by atoms with van der Waals surface area (Å²) in [6.45, 7) is 5.75. The van der Waals surface area contributed by atoms with E-state index in [0.29, 0.717) is 26.2 Å². The molecule has 2 aliphatic rings. The first-order chi connectivity index (χ1) is 8.41. The second-order valence-corrected chi connectivity index (χ2v) is 7.19. The number of ether oxygens (including phenoxy) is 1. The van der Waals surface area contributed by atoms with Gasteiger partial charge in [0.05, 0.1) is 12.7 Å². The Morgan fingerprint density at radius 3 is 2.44 bits per heavy atom. The molecule has 2 saturated heterocycles. The number of piperidine rings is 1. The van der Waals surface area contributed by atoms with E-state index in [2.05, 4.69) is 0 Å². The van der Waals surface area contributed by atoms with Crippen molar-refractivity contribution in [3.63, 3.8) is 0 Å². The van der Waals surface area contributed by atoms with E-state index in [1.165, 1.54) is 0 Å². The van der Waals surface area contributed by atoms with Crippen molar-refractivity contribution in [3.8, 4) is 0 Å². The van der Waals surface area contributed by atoms with Crippen LogP contribution < -0.4 is 5.73 Å². The van der Waals surface area contributed by atoms with Crippen LogP contribution in [0, 0.1) is 0 Å². The van der Waals surface area contributed by atoms with Crippen LogP contribution in [0.25, 0.3) is 0 Å². The molecule has 0 saturated carbocycles. The van der Waals surface area contributed by atoms with Gasteiger partial charge in [0.1, 0.15) is 0 Å². The van der Waals surface area contributed by atoms with Crippen LogP contribution in [0.1, 0.15) is 26.7 Å². The fourth-order valence-corrected chi connectivity index (χ4v) is 4.33. The van der Waals surface area contributed by atoms with Gasteiger partial charge in [-0.1, -0.05) is 0 Å². The zero-order valence-corrected chi connectivity index (χ0v) is 11.9. The van der Waals surface area contributed by atoms with Crippen molar-refractivity contribution in [2.24, 2.45) is 5.73 Å². The lowest BCUT2D eigenvalue weighted by atomic mass is 10.1. The van der Waals surface area contributed by atoms with Gasteiger partial charge in [-0.2, -0.15) is 17.0 Å². The maximum absolute atomic E-state index is 12.6. The third kappa shape index (κ3) is 2.85. The molecule has 2 N–H and O–H groups in total. The molecule has 2 atom stereocenters. The topological polar surface area (TPSA) is 75.9 Å². The summed E-state index contributed by atoms with van der Waals surface area (Å²) in [4.78, 5) is 0. The second-order valence-electron chi connectivity index (χ2n) is 5.31. The predicted octanol–water partition coefficient (Wildman–Crippen LogP) is -0.236. The van der Waals surface area contributed by atoms with E-state index in [-0.39, 0.29) is 18.2 Å². The molecule has 2 fully saturated rings. The number of hydrogen-bond donors (Lipinski definition) is 1. The first-order valence-corrected chi connectivity index (χ1v) is 7.95. The summed E-state index contributed by atoms with van der Waals surface area (Å²) in [6.07, 6.45) is 1.45. The first-order valence-electron chi connectivity index (χ1n) is 6.55. The summed E-state index contributed by atoms with van der Waals surface area (Å²) in [6, 6.07) is 0.0410. The summed E-state index contributed by atoms with van der Waals surface area (Å²) >= 11 is 0. The van der Waals surface area contributed by atoms with Gasteiger partial charge >= 0.3 is 0 Å². The zero-order valence-electron chi connectivity index (χ0n) is 11.1. The SMILES string of the molecule is C[C@@H]1CO[C@@H](C)CN1S(=O)(=O)N1CCC(N)CC1. The van der Waals surface area contributed by atoms with Crippen molar-refractivity contribution in [1.82, 2.24) is 8.61 Å². The van der Waals surface area contributed by atoms with Crippen LogP contribution in [-0.4, -0.2) is 61.5 Å². The predicted molar refractivity (Wildman–Crippen MR) is 69.3 cm³/mol. The van der Waals surface area contributed by atoms with Crippen molar-refractivity contribution < 1.29 is 13.2 Å². The van der Waals surface area contributed by atoms with E-state index >= 15 is 0 Å². The van der Waals surface area contributed by atoms with Gasteiger partial charge in [-0.15, -0.1) is 0 Å². The Morgan fingerprint density at radius 1 is 1.22 bits per heavy atom. The molecule has 2 aliphatic heterocycles. The minimum Gasteiger partial charge on any atom is -0.375 e. The molecule has 0 bridgehead atoms. The number of morpholine rings is 1. The second kappa shape index (κ2) is 5.42. The quantitative estimate of drug-likeness (QED) is 0.756. The first kappa shape index (κ1) is 14.2. The standard InChI is InChI=1S/C11H23N3O3S/c1-9-8-17-10(2)7-14(9)18(15,16)13-5-3-11(12)4-6-13/h9-11H,3-8,12H2,1-2H3/t9-,10+/m1/s1. The van der Waals surface area contributed by atoms with E-state index in [9.17, 15) is 8.42 Å². The van der Waals surface area contributed by atoms with Crippen molar-refractivity contribution in [2.45, 2.75) is 44.9 Å². The van der Waals surface area contributed by atoms with Gasteiger partial charge in [0.25, 0.3) is 10.2 Å². The van der Waals surface area contributed by atoms with Gasteiger partial charge in [0, 0.05) is 31.7 Å². The largest absolute Gasteiger partial charge is 0.375 e. The molecule has 2 rings (SSSR count). The van der Waals surface area contributed by atoms with Gasteiger partial charge < -0.3 is 10.5 Å². The molecule has 6 nitrogen and oxygen atoms in total. The minimum absolute atomic E-state index is 0.0389. The van der Waals surface area contributed by atoms with Crippen molar-refractivity contribution in [3.05, 3.63) is 0 Å². The lowest BCUT2D eigenvalue weighted by Crippen LogP contribution is -2.56. The van der Waals surface area contributed by atoms with Gasteiger partial charge in [0.2, 0.25) is 0 Å². The molecule has 7 heteroatoms. The van der Waals surface area contributed by atoms with Crippen LogP contribution in [0.5, 0.6) is 0 Å². The number of nitrogens with two attached hydrogens (primary N) is 1. The molecule has 0 aromatic heterocycles. The van der Waals surface area contributed by atoms with E-state index in [0.717, 1.165) is 12.8 Å². The Bertz CT molecular complexity index is 379. The molecule has 106 valence electrons. The molecular weight excluding hydrogens is 254 g/mol. The van der Waals surface area contributed by atoms with Crippen molar-refractivity contribution >= 4 is 10.2 Å². The fraction of sp³-hybridized carbons (Fsp3) is 1.00. The van der Waals surface area contributed by atoms with E-state index in [1.54, 1.807) is 8.61 Å². The highest BCUT2D eigenvalue weighted by molar-refractivity contribution is 7.86. The highest BCUT2D eigenvalue weighted by atomic mass is 32.2. The average molecular weight is 277 g/mol. The van der Waals surface area contributed by atoms with Crippen LogP contribution in [0.15, 0.2) is 0 Å². The van der Waals surface area contributed by atoms with Crippen LogP contribution >= 0.6 is 0 Å². The van der Waals surface area contributed by atoms with E-state index < -0.39 is 10.2 Å². The summed E-state index contributed by atoms with van der Waals surface area (Å²) in [5.74, 6) is 0. The normalized spacial score (nSPS) is 33.7. The number of nitrogens with zero attached hydrogens (tertiary/aromatic N) is 2. The summed E-state index contributed by atoms with van der Waals surface area (Å²) in [5.41, 5.74) is 5.81. The molecule has 0 aromatic carbocycles. The van der Waals surface area contributed by atoms with Crippen molar-refractivity contribution in [2.75, 3.05) is 26.2 Å². The Balaban J connectivity index is 2.09. The Labute approximate surface area is 109 Å². The van der Waals surface area contributed by atoms with E-state index in [4.69, 9.17) is 10.5 Å². The van der Waals surface area contributed by atoms with Crippen LogP contribution in [0.4, 0.5) is 0 Å². The molecule has 0 aliphatic carbocycles. The highest BCUT2D eigenvalue weighted by Gasteiger charge is 2.38. The molecular formula is C11H23N3O3S. The molecule has 0 amide bonds. The lowest BCUT2D eigenvalue weighted by Gasteiger charge is -2.40. The minimum atomic E-state index is -3.36. The molecule has 0 unspecified atom stereocenters.